The van der Waals surface area contributed by atoms with Crippen molar-refractivity contribution in [1.29, 1.82) is 0 Å². The van der Waals surface area contributed by atoms with E-state index in [2.05, 4.69) is 0 Å². The third kappa shape index (κ3) is 4.22. The van der Waals surface area contributed by atoms with Crippen LogP contribution in [0.5, 0.6) is 0 Å². The number of hydrogen-bond acceptors (Lipinski definition) is 3. The summed E-state index contributed by atoms with van der Waals surface area (Å²) in [6, 6.07) is 1.67. The second-order valence-corrected chi connectivity index (χ2v) is 5.60. The molecule has 0 aliphatic carbocycles. The molecule has 2 heterocycles. The molecule has 1 N–H and O–H groups in total. The molecule has 0 radical (unpaired) electrons. The molecule has 2 rings (SSSR count). The number of likely N-dealkylation sites (tertiary alicyclic amines) is 1. The van der Waals surface area contributed by atoms with Crippen LogP contribution >= 0.6 is 11.6 Å². The first-order valence-corrected chi connectivity index (χ1v) is 7.29. The van der Waals surface area contributed by atoms with Crippen molar-refractivity contribution in [2.45, 2.75) is 25.4 Å². The van der Waals surface area contributed by atoms with Crippen molar-refractivity contribution in [3.05, 3.63) is 23.0 Å². The van der Waals surface area contributed by atoms with Gasteiger partial charge in [-0.05, 0) is 18.9 Å². The Hall–Kier alpha value is -1.53. The Balaban J connectivity index is 1.82. The molecule has 1 amide bonds. The van der Waals surface area contributed by atoms with Crippen LogP contribution in [0.25, 0.3) is 0 Å². The van der Waals surface area contributed by atoms with Gasteiger partial charge in [0, 0.05) is 26.3 Å². The van der Waals surface area contributed by atoms with E-state index < -0.39 is 5.97 Å². The number of hydrogen-bond donors (Lipinski definition) is 1. The van der Waals surface area contributed by atoms with Crippen molar-refractivity contribution in [3.63, 3.8) is 0 Å². The Kier molecular flexibility index (Phi) is 5.25. The second-order valence-electron chi connectivity index (χ2n) is 5.16. The van der Waals surface area contributed by atoms with Gasteiger partial charge in [0.05, 0.1) is 24.2 Å². The molecule has 1 saturated heterocycles. The van der Waals surface area contributed by atoms with Crippen LogP contribution in [0, 0.1) is 0 Å². The number of rotatable bonds is 5. The van der Waals surface area contributed by atoms with Gasteiger partial charge in [-0.15, -0.1) is 0 Å². The van der Waals surface area contributed by atoms with Crippen molar-refractivity contribution in [3.8, 4) is 0 Å². The van der Waals surface area contributed by atoms with Crippen molar-refractivity contribution in [1.82, 2.24) is 9.47 Å². The highest BCUT2D eigenvalue weighted by Gasteiger charge is 2.25. The van der Waals surface area contributed by atoms with Crippen molar-refractivity contribution >= 4 is 23.5 Å². The number of aryl methyl sites for hydroxylation is 1. The lowest BCUT2D eigenvalue weighted by atomic mass is 10.1. The average Bonchev–Trinajstić information content (AvgIpc) is 2.77. The molecule has 21 heavy (non-hydrogen) atoms. The molecule has 6 nitrogen and oxygen atoms in total. The van der Waals surface area contributed by atoms with E-state index in [1.165, 1.54) is 0 Å². The van der Waals surface area contributed by atoms with Gasteiger partial charge in [0.15, 0.2) is 0 Å². The zero-order valence-electron chi connectivity index (χ0n) is 11.9. The third-order valence-corrected chi connectivity index (χ3v) is 3.80. The Bertz CT molecular complexity index is 521. The van der Waals surface area contributed by atoms with Crippen LogP contribution in [0.2, 0.25) is 5.02 Å². The monoisotopic (exact) mass is 314 g/mol. The number of carboxylic acids is 1. The summed E-state index contributed by atoms with van der Waals surface area (Å²) < 4.78 is 7.23. The number of piperidine rings is 1. The number of halogens is 1. The fraction of sp³-hybridized carbons (Fsp3) is 0.571. The van der Waals surface area contributed by atoms with Gasteiger partial charge >= 0.3 is 5.97 Å². The summed E-state index contributed by atoms with van der Waals surface area (Å²) in [5.41, 5.74) is 0.574. The fourth-order valence-corrected chi connectivity index (χ4v) is 2.69. The normalized spacial score (nSPS) is 16.2. The molecule has 116 valence electrons. The number of aliphatic carboxylic acids is 1. The highest BCUT2D eigenvalue weighted by Crippen LogP contribution is 2.19. The quantitative estimate of drug-likeness (QED) is 0.899. The maximum absolute atomic E-state index is 12.4. The summed E-state index contributed by atoms with van der Waals surface area (Å²) in [6.45, 7) is 1.44. The molecule has 7 heteroatoms. The maximum Gasteiger partial charge on any atom is 0.305 e. The fourth-order valence-electron chi connectivity index (χ4n) is 2.44. The first kappa shape index (κ1) is 15.9. The van der Waals surface area contributed by atoms with Gasteiger partial charge in [-0.3, -0.25) is 9.59 Å². The van der Waals surface area contributed by atoms with E-state index in [0.29, 0.717) is 23.8 Å². The molecule has 1 aromatic heterocycles. The molecule has 1 fully saturated rings. The lowest BCUT2D eigenvalue weighted by Crippen LogP contribution is -2.41. The van der Waals surface area contributed by atoms with Crippen LogP contribution in [0.4, 0.5) is 0 Å². The minimum atomic E-state index is -0.858. The van der Waals surface area contributed by atoms with Crippen LogP contribution in [-0.2, 0) is 16.6 Å². The van der Waals surface area contributed by atoms with Crippen LogP contribution in [0.1, 0.15) is 29.8 Å². The predicted octanol–water partition coefficient (Wildman–Crippen LogP) is 1.77. The molecular formula is C14H19ClN2O4. The predicted molar refractivity (Wildman–Crippen MR) is 77.6 cm³/mol. The molecule has 0 bridgehead atoms. The van der Waals surface area contributed by atoms with Gasteiger partial charge in [-0.2, -0.15) is 0 Å². The maximum atomic E-state index is 12.4. The molecule has 0 saturated carbocycles. The Morgan fingerprint density at radius 2 is 2.10 bits per heavy atom. The lowest BCUT2D eigenvalue weighted by molar-refractivity contribution is -0.138. The molecular weight excluding hydrogens is 296 g/mol. The van der Waals surface area contributed by atoms with Crippen molar-refractivity contribution in [2.75, 3.05) is 19.7 Å². The number of carbonyl (C=O) groups is 2. The summed E-state index contributed by atoms with van der Waals surface area (Å²) in [4.78, 5) is 24.6. The van der Waals surface area contributed by atoms with Gasteiger partial charge < -0.3 is 19.3 Å². The van der Waals surface area contributed by atoms with Crippen molar-refractivity contribution < 1.29 is 19.4 Å². The van der Waals surface area contributed by atoms with E-state index in [9.17, 15) is 9.59 Å². The van der Waals surface area contributed by atoms with E-state index in [4.69, 9.17) is 21.4 Å². The van der Waals surface area contributed by atoms with Gasteiger partial charge in [-0.1, -0.05) is 11.6 Å². The van der Waals surface area contributed by atoms with Crippen LogP contribution < -0.4 is 0 Å². The van der Waals surface area contributed by atoms with Crippen LogP contribution in [-0.4, -0.2) is 52.3 Å². The molecule has 0 unspecified atom stereocenters. The molecule has 0 aromatic carbocycles. The number of aromatic nitrogens is 1. The van der Waals surface area contributed by atoms with E-state index >= 15 is 0 Å². The van der Waals surface area contributed by atoms with E-state index in [-0.39, 0.29) is 25.0 Å². The Morgan fingerprint density at radius 3 is 2.62 bits per heavy atom. The molecule has 1 aliphatic rings. The van der Waals surface area contributed by atoms with E-state index in [1.54, 1.807) is 28.8 Å². The topological polar surface area (TPSA) is 71.8 Å². The summed E-state index contributed by atoms with van der Waals surface area (Å²) >= 11 is 5.90. The Morgan fingerprint density at radius 1 is 1.43 bits per heavy atom. The summed E-state index contributed by atoms with van der Waals surface area (Å²) in [5.74, 6) is -0.892. The second kappa shape index (κ2) is 6.95. The lowest BCUT2D eigenvalue weighted by Gasteiger charge is -2.32. The van der Waals surface area contributed by atoms with Gasteiger partial charge in [0.25, 0.3) is 5.91 Å². The first-order valence-electron chi connectivity index (χ1n) is 6.92. The first-order chi connectivity index (χ1) is 9.97. The SMILES string of the molecule is Cn1cc(Cl)cc1C(=O)N1CCC(OCCC(=O)O)CC1. The van der Waals surface area contributed by atoms with E-state index in [0.717, 1.165) is 12.8 Å². The van der Waals surface area contributed by atoms with Crippen molar-refractivity contribution in [2.24, 2.45) is 7.05 Å². The third-order valence-electron chi connectivity index (χ3n) is 3.59. The minimum Gasteiger partial charge on any atom is -0.481 e. The summed E-state index contributed by atoms with van der Waals surface area (Å²) in [6.07, 6.45) is 3.20. The summed E-state index contributed by atoms with van der Waals surface area (Å²) in [5, 5.41) is 9.11. The van der Waals surface area contributed by atoms with Crippen LogP contribution in [0.3, 0.4) is 0 Å². The number of amides is 1. The zero-order valence-corrected chi connectivity index (χ0v) is 12.7. The number of nitrogens with zero attached hydrogens (tertiary/aromatic N) is 2. The molecule has 1 aromatic rings. The largest absolute Gasteiger partial charge is 0.481 e. The van der Waals surface area contributed by atoms with Crippen LogP contribution in [0.15, 0.2) is 12.3 Å². The molecule has 0 atom stereocenters. The number of carboxylic acid groups (broad SMARTS) is 1. The van der Waals surface area contributed by atoms with Gasteiger partial charge in [0.1, 0.15) is 5.69 Å². The van der Waals surface area contributed by atoms with Gasteiger partial charge in [0.2, 0.25) is 0 Å². The Labute approximate surface area is 128 Å². The van der Waals surface area contributed by atoms with E-state index in [1.807, 2.05) is 0 Å². The highest BCUT2D eigenvalue weighted by molar-refractivity contribution is 6.31. The molecule has 0 spiro atoms. The standard InChI is InChI=1S/C14H19ClN2O4/c1-16-9-10(15)8-12(16)14(20)17-5-2-11(3-6-17)21-7-4-13(18)19/h8-9,11H,2-7H2,1H3,(H,18,19). The summed E-state index contributed by atoms with van der Waals surface area (Å²) in [7, 11) is 1.79. The highest BCUT2D eigenvalue weighted by atomic mass is 35.5. The average molecular weight is 315 g/mol. The smallest absolute Gasteiger partial charge is 0.305 e. The zero-order chi connectivity index (χ0) is 15.4. The minimum absolute atomic E-state index is 0.0149. The van der Waals surface area contributed by atoms with Gasteiger partial charge in [-0.25, -0.2) is 0 Å². The number of ether oxygens (including phenoxy) is 1. The molecule has 1 aliphatic heterocycles. The number of carbonyl (C=O) groups excluding carboxylic acids is 1.